The number of fused-ring (bicyclic) bond motifs is 1. The van der Waals surface area contributed by atoms with Gasteiger partial charge in [0.2, 0.25) is 11.8 Å². The van der Waals surface area contributed by atoms with Crippen molar-refractivity contribution >= 4 is 29.3 Å². The normalized spacial score (nSPS) is 25.5. The molecule has 4 rings (SSSR count). The van der Waals surface area contributed by atoms with Crippen LogP contribution < -0.4 is 15.1 Å². The summed E-state index contributed by atoms with van der Waals surface area (Å²) >= 11 is 0. The highest BCUT2D eigenvalue weighted by molar-refractivity contribution is 5.90. The van der Waals surface area contributed by atoms with Crippen LogP contribution in [0.2, 0.25) is 0 Å². The molecule has 0 aliphatic carbocycles. The van der Waals surface area contributed by atoms with Gasteiger partial charge in [-0.3, -0.25) is 14.5 Å². The lowest BCUT2D eigenvalue weighted by Gasteiger charge is -2.24. The van der Waals surface area contributed by atoms with Crippen LogP contribution in [0.15, 0.2) is 18.2 Å². The number of cyclic esters (lactones) is 1. The van der Waals surface area contributed by atoms with Crippen molar-refractivity contribution in [3.63, 3.8) is 0 Å². The van der Waals surface area contributed by atoms with Crippen LogP contribution in [0, 0.1) is 17.7 Å². The zero-order valence-electron chi connectivity index (χ0n) is 16.7. The van der Waals surface area contributed by atoms with Gasteiger partial charge in [0, 0.05) is 44.9 Å². The first-order valence-electron chi connectivity index (χ1n) is 10.0. The molecule has 3 fully saturated rings. The van der Waals surface area contributed by atoms with E-state index in [4.69, 9.17) is 9.84 Å². The number of carbonyl (C=O) groups is 3. The average Bonchev–Trinajstić information content (AvgIpc) is 3.38. The van der Waals surface area contributed by atoms with Crippen molar-refractivity contribution in [3.05, 3.63) is 24.0 Å². The quantitative estimate of drug-likeness (QED) is 0.704. The van der Waals surface area contributed by atoms with Crippen LogP contribution in [0.1, 0.15) is 6.92 Å². The van der Waals surface area contributed by atoms with Crippen molar-refractivity contribution in [2.45, 2.75) is 13.0 Å². The van der Waals surface area contributed by atoms with Crippen LogP contribution in [-0.2, 0) is 14.3 Å². The van der Waals surface area contributed by atoms with E-state index in [-0.39, 0.29) is 36.7 Å². The summed E-state index contributed by atoms with van der Waals surface area (Å²) in [5.74, 6) is -0.390. The van der Waals surface area contributed by atoms with Crippen LogP contribution in [-0.4, -0.2) is 79.9 Å². The van der Waals surface area contributed by atoms with Crippen LogP contribution in [0.4, 0.5) is 20.6 Å². The number of hydrogen-bond donors (Lipinski definition) is 2. The number of rotatable bonds is 5. The fourth-order valence-corrected chi connectivity index (χ4v) is 4.51. The zero-order valence-corrected chi connectivity index (χ0v) is 16.7. The second-order valence-corrected chi connectivity index (χ2v) is 8.07. The van der Waals surface area contributed by atoms with Gasteiger partial charge in [-0.2, -0.15) is 0 Å². The first-order chi connectivity index (χ1) is 14.4. The summed E-state index contributed by atoms with van der Waals surface area (Å²) in [5.41, 5.74) is 0.876. The highest BCUT2D eigenvalue weighted by Gasteiger charge is 2.42. The number of aliphatic hydroxyl groups excluding tert-OH is 1. The monoisotopic (exact) mass is 420 g/mol. The van der Waals surface area contributed by atoms with Gasteiger partial charge >= 0.3 is 6.09 Å². The minimum Gasteiger partial charge on any atom is -0.442 e. The fourth-order valence-electron chi connectivity index (χ4n) is 4.51. The predicted octanol–water partition coefficient (Wildman–Crippen LogP) is 0.174. The minimum absolute atomic E-state index is 0.209. The fraction of sp³-hybridized carbons (Fsp3) is 0.550. The van der Waals surface area contributed by atoms with Crippen molar-refractivity contribution in [2.24, 2.45) is 11.8 Å². The first-order valence-corrected chi connectivity index (χ1v) is 10.0. The molecule has 0 spiro atoms. The topological polar surface area (TPSA) is 102 Å². The molecule has 162 valence electrons. The van der Waals surface area contributed by atoms with E-state index in [9.17, 15) is 18.8 Å². The van der Waals surface area contributed by atoms with Crippen LogP contribution in [0.25, 0.3) is 0 Å². The molecule has 2 N–H and O–H groups in total. The zero-order chi connectivity index (χ0) is 21.4. The molecule has 1 aromatic rings. The molecule has 0 saturated carbocycles. The van der Waals surface area contributed by atoms with Crippen LogP contribution in [0.3, 0.4) is 0 Å². The lowest BCUT2D eigenvalue weighted by molar-refractivity contribution is -0.133. The highest BCUT2D eigenvalue weighted by Crippen LogP contribution is 2.36. The van der Waals surface area contributed by atoms with Gasteiger partial charge in [0.1, 0.15) is 18.5 Å². The lowest BCUT2D eigenvalue weighted by atomic mass is 10.0. The van der Waals surface area contributed by atoms with E-state index in [1.54, 1.807) is 17.0 Å². The number of nitrogens with one attached hydrogen (secondary N) is 1. The Morgan fingerprint density at radius 3 is 2.50 bits per heavy atom. The molecule has 3 atom stereocenters. The average molecular weight is 420 g/mol. The Hall–Kier alpha value is -2.88. The van der Waals surface area contributed by atoms with Gasteiger partial charge in [0.05, 0.1) is 24.5 Å². The summed E-state index contributed by atoms with van der Waals surface area (Å²) in [4.78, 5) is 39.8. The van der Waals surface area contributed by atoms with Gasteiger partial charge in [-0.15, -0.1) is 0 Å². The van der Waals surface area contributed by atoms with E-state index in [0.29, 0.717) is 37.6 Å². The van der Waals surface area contributed by atoms with E-state index in [0.717, 1.165) is 0 Å². The van der Waals surface area contributed by atoms with Gasteiger partial charge in [0.15, 0.2) is 0 Å². The second-order valence-electron chi connectivity index (χ2n) is 8.07. The van der Waals surface area contributed by atoms with Crippen molar-refractivity contribution in [1.29, 1.82) is 0 Å². The molecule has 3 saturated heterocycles. The summed E-state index contributed by atoms with van der Waals surface area (Å²) in [6.45, 7) is 3.79. The Labute approximate surface area is 173 Å². The summed E-state index contributed by atoms with van der Waals surface area (Å²) in [5, 5.41) is 11.6. The van der Waals surface area contributed by atoms with E-state index in [1.807, 2.05) is 4.90 Å². The molecule has 0 radical (unpaired) electrons. The third-order valence-electron chi connectivity index (χ3n) is 6.01. The van der Waals surface area contributed by atoms with Gasteiger partial charge in [-0.05, 0) is 18.2 Å². The largest absolute Gasteiger partial charge is 0.442 e. The van der Waals surface area contributed by atoms with Gasteiger partial charge in [-0.1, -0.05) is 0 Å². The number of anilines is 2. The summed E-state index contributed by atoms with van der Waals surface area (Å²) in [7, 11) is 0. The molecule has 0 bridgehead atoms. The number of benzene rings is 1. The third kappa shape index (κ3) is 3.91. The number of aliphatic hydroxyl groups is 1. The number of nitrogens with zero attached hydrogens (tertiary/aromatic N) is 3. The first kappa shape index (κ1) is 20.4. The molecule has 3 amide bonds. The molecule has 0 aromatic heterocycles. The number of carbonyl (C=O) groups excluding carboxylic acids is 3. The molecule has 3 aliphatic heterocycles. The van der Waals surface area contributed by atoms with E-state index >= 15 is 0 Å². The van der Waals surface area contributed by atoms with Crippen LogP contribution in [0.5, 0.6) is 0 Å². The van der Waals surface area contributed by atoms with Crippen molar-refractivity contribution < 1.29 is 28.6 Å². The molecular weight excluding hydrogens is 395 g/mol. The molecule has 1 aromatic carbocycles. The molecular formula is C20H25FN4O5. The number of halogens is 1. The van der Waals surface area contributed by atoms with E-state index in [1.165, 1.54) is 17.9 Å². The van der Waals surface area contributed by atoms with Crippen molar-refractivity contribution in [1.82, 2.24) is 10.2 Å². The minimum atomic E-state index is -0.568. The smallest absolute Gasteiger partial charge is 0.414 e. The van der Waals surface area contributed by atoms with Crippen molar-refractivity contribution in [2.75, 3.05) is 55.7 Å². The molecule has 30 heavy (non-hydrogen) atoms. The number of amides is 3. The van der Waals surface area contributed by atoms with Gasteiger partial charge in [0.25, 0.3) is 0 Å². The number of ether oxygens (including phenoxy) is 1. The van der Waals surface area contributed by atoms with Gasteiger partial charge in [-0.25, -0.2) is 9.18 Å². The number of likely N-dealkylation sites (tertiary alicyclic amines) is 1. The Balaban J connectivity index is 1.40. The maximum atomic E-state index is 14.9. The number of hydrogen-bond acceptors (Lipinski definition) is 6. The second kappa shape index (κ2) is 8.10. The third-order valence-corrected chi connectivity index (χ3v) is 6.01. The summed E-state index contributed by atoms with van der Waals surface area (Å²) in [6, 6.07) is 4.68. The maximum Gasteiger partial charge on any atom is 0.414 e. The summed E-state index contributed by atoms with van der Waals surface area (Å²) in [6.07, 6.45) is -1.05. The molecule has 10 heteroatoms. The van der Waals surface area contributed by atoms with E-state index < -0.39 is 24.6 Å². The van der Waals surface area contributed by atoms with Crippen molar-refractivity contribution in [3.8, 4) is 0 Å². The Bertz CT molecular complexity index is 852. The predicted molar refractivity (Wildman–Crippen MR) is 106 cm³/mol. The molecule has 3 unspecified atom stereocenters. The Morgan fingerprint density at radius 2 is 1.90 bits per heavy atom. The molecule has 3 heterocycles. The Morgan fingerprint density at radius 1 is 1.20 bits per heavy atom. The summed E-state index contributed by atoms with van der Waals surface area (Å²) < 4.78 is 20.1. The standard InChI is InChI=1S/C20H25FN4O5/c1-12(27)22-5-16-10-25(20(29)30-16)15-2-3-18(17(21)4-15)23-6-13-8-24(19(28)11-26)9-14(13)7-23/h2-4,13-14,16,26H,5-11H2,1H3,(H,22,27). The van der Waals surface area contributed by atoms with Gasteiger partial charge < -0.3 is 25.0 Å². The van der Waals surface area contributed by atoms with E-state index in [2.05, 4.69) is 5.32 Å². The lowest BCUT2D eigenvalue weighted by Crippen LogP contribution is -2.35. The maximum absolute atomic E-state index is 14.9. The molecule has 3 aliphatic rings. The molecule has 9 nitrogen and oxygen atoms in total. The SMILES string of the molecule is CC(=O)NCC1CN(c2ccc(N3CC4CN(C(=O)CO)CC4C3)c(F)c2)C(=O)O1. The van der Waals surface area contributed by atoms with Crippen LogP contribution >= 0.6 is 0 Å². The highest BCUT2D eigenvalue weighted by atomic mass is 19.1. The Kier molecular flexibility index (Phi) is 5.50.